The fourth-order valence-corrected chi connectivity index (χ4v) is 3.55. The van der Waals surface area contributed by atoms with Crippen LogP contribution in [0.5, 0.6) is 0 Å². The average molecular weight is 387 g/mol. The standard InChI is InChI=1S/C19H21N3O4S/c1-26-19(25)13-3-5-15(6-4-13)21-18(24)17(23)20-11-16(22-8-2-9-22)14-7-10-27-12-14/h3-7,10,12,16H,2,8-9,11H2,1H3,(H,20,23)(H,21,24)/t16-/m1/s1. The third kappa shape index (κ3) is 4.72. The van der Waals surface area contributed by atoms with E-state index in [1.165, 1.54) is 19.2 Å². The average Bonchev–Trinajstić information content (AvgIpc) is 3.17. The Kier molecular flexibility index (Phi) is 6.20. The smallest absolute Gasteiger partial charge is 0.337 e. The Morgan fingerprint density at radius 1 is 1.15 bits per heavy atom. The second kappa shape index (κ2) is 8.79. The molecular formula is C19H21N3O4S. The summed E-state index contributed by atoms with van der Waals surface area (Å²) in [6.45, 7) is 2.37. The SMILES string of the molecule is COC(=O)c1ccc(NC(=O)C(=O)NC[C@H](c2ccsc2)N2CCC2)cc1. The molecule has 2 heterocycles. The molecule has 0 aliphatic carbocycles. The highest BCUT2D eigenvalue weighted by Gasteiger charge is 2.27. The molecule has 8 heteroatoms. The van der Waals surface area contributed by atoms with Crippen LogP contribution in [0.4, 0.5) is 5.69 Å². The largest absolute Gasteiger partial charge is 0.465 e. The van der Waals surface area contributed by atoms with Gasteiger partial charge < -0.3 is 15.4 Å². The fraction of sp³-hybridized carbons (Fsp3) is 0.316. The summed E-state index contributed by atoms with van der Waals surface area (Å²) < 4.78 is 4.62. The van der Waals surface area contributed by atoms with E-state index in [0.29, 0.717) is 17.8 Å². The van der Waals surface area contributed by atoms with Crippen molar-refractivity contribution >= 4 is 34.8 Å². The minimum Gasteiger partial charge on any atom is -0.465 e. The van der Waals surface area contributed by atoms with Gasteiger partial charge in [0.05, 0.1) is 18.7 Å². The molecule has 27 heavy (non-hydrogen) atoms. The first-order chi connectivity index (χ1) is 13.1. The molecular weight excluding hydrogens is 366 g/mol. The van der Waals surface area contributed by atoms with E-state index < -0.39 is 17.8 Å². The van der Waals surface area contributed by atoms with Crippen LogP contribution in [0.2, 0.25) is 0 Å². The lowest BCUT2D eigenvalue weighted by Gasteiger charge is -2.38. The number of esters is 1. The minimum absolute atomic E-state index is 0.0843. The van der Waals surface area contributed by atoms with Gasteiger partial charge in [-0.05, 0) is 53.1 Å². The van der Waals surface area contributed by atoms with E-state index in [0.717, 1.165) is 25.1 Å². The van der Waals surface area contributed by atoms with Gasteiger partial charge in [0.15, 0.2) is 0 Å². The van der Waals surface area contributed by atoms with E-state index in [1.54, 1.807) is 23.5 Å². The maximum Gasteiger partial charge on any atom is 0.337 e. The van der Waals surface area contributed by atoms with Gasteiger partial charge in [0, 0.05) is 25.3 Å². The molecule has 1 fully saturated rings. The molecule has 0 saturated carbocycles. The third-order valence-electron chi connectivity index (χ3n) is 4.49. The number of hydrogen-bond acceptors (Lipinski definition) is 6. The van der Waals surface area contributed by atoms with E-state index in [1.807, 2.05) is 11.4 Å². The van der Waals surface area contributed by atoms with Crippen LogP contribution in [0.15, 0.2) is 41.1 Å². The van der Waals surface area contributed by atoms with Crippen LogP contribution in [0.1, 0.15) is 28.4 Å². The van der Waals surface area contributed by atoms with Crippen molar-refractivity contribution < 1.29 is 19.1 Å². The van der Waals surface area contributed by atoms with Gasteiger partial charge in [0.1, 0.15) is 0 Å². The van der Waals surface area contributed by atoms with Crippen LogP contribution in [0.3, 0.4) is 0 Å². The summed E-state index contributed by atoms with van der Waals surface area (Å²) in [5.74, 6) is -1.89. The Morgan fingerprint density at radius 3 is 2.44 bits per heavy atom. The Balaban J connectivity index is 1.54. The molecule has 0 unspecified atom stereocenters. The Hall–Kier alpha value is -2.71. The van der Waals surface area contributed by atoms with Crippen LogP contribution in [-0.4, -0.2) is 49.4 Å². The molecule has 0 bridgehead atoms. The van der Waals surface area contributed by atoms with E-state index in [2.05, 4.69) is 25.7 Å². The van der Waals surface area contributed by atoms with Crippen LogP contribution >= 0.6 is 11.3 Å². The number of nitrogens with one attached hydrogen (secondary N) is 2. The lowest BCUT2D eigenvalue weighted by molar-refractivity contribution is -0.136. The highest BCUT2D eigenvalue weighted by atomic mass is 32.1. The van der Waals surface area contributed by atoms with Gasteiger partial charge >= 0.3 is 17.8 Å². The number of thiophene rings is 1. The van der Waals surface area contributed by atoms with E-state index >= 15 is 0 Å². The molecule has 3 rings (SSSR count). The molecule has 1 aliphatic rings. The lowest BCUT2D eigenvalue weighted by Crippen LogP contribution is -2.46. The number of rotatable bonds is 6. The van der Waals surface area contributed by atoms with Crippen molar-refractivity contribution in [3.8, 4) is 0 Å². The number of amides is 2. The number of nitrogens with zero attached hydrogens (tertiary/aromatic N) is 1. The summed E-state index contributed by atoms with van der Waals surface area (Å²) in [7, 11) is 1.30. The third-order valence-corrected chi connectivity index (χ3v) is 5.19. The van der Waals surface area contributed by atoms with Gasteiger partial charge in [-0.2, -0.15) is 11.3 Å². The lowest BCUT2D eigenvalue weighted by atomic mass is 10.0. The summed E-state index contributed by atoms with van der Waals surface area (Å²) in [5, 5.41) is 9.32. The minimum atomic E-state index is -0.742. The second-order valence-electron chi connectivity index (χ2n) is 6.20. The quantitative estimate of drug-likeness (QED) is 0.585. The molecule has 142 valence electrons. The maximum atomic E-state index is 12.2. The van der Waals surface area contributed by atoms with E-state index in [9.17, 15) is 14.4 Å². The molecule has 2 aromatic rings. The highest BCUT2D eigenvalue weighted by Crippen LogP contribution is 2.26. The molecule has 2 N–H and O–H groups in total. The molecule has 1 saturated heterocycles. The van der Waals surface area contributed by atoms with Crippen LogP contribution in [0, 0.1) is 0 Å². The van der Waals surface area contributed by atoms with Crippen molar-refractivity contribution in [2.45, 2.75) is 12.5 Å². The summed E-state index contributed by atoms with van der Waals surface area (Å²) in [6, 6.07) is 8.27. The molecule has 1 aromatic carbocycles. The molecule has 1 aliphatic heterocycles. The van der Waals surface area contributed by atoms with Crippen LogP contribution < -0.4 is 10.6 Å². The van der Waals surface area contributed by atoms with Crippen LogP contribution in [-0.2, 0) is 14.3 Å². The van der Waals surface area contributed by atoms with Crippen molar-refractivity contribution in [1.29, 1.82) is 0 Å². The number of carbonyl (C=O) groups excluding carboxylic acids is 3. The molecule has 1 atom stereocenters. The van der Waals surface area contributed by atoms with Gasteiger partial charge in [-0.25, -0.2) is 4.79 Å². The van der Waals surface area contributed by atoms with Crippen molar-refractivity contribution in [1.82, 2.24) is 10.2 Å². The number of anilines is 1. The van der Waals surface area contributed by atoms with Crippen molar-refractivity contribution in [2.24, 2.45) is 0 Å². The van der Waals surface area contributed by atoms with E-state index in [4.69, 9.17) is 0 Å². The molecule has 2 amide bonds. The summed E-state index contributed by atoms with van der Waals surface area (Å²) in [4.78, 5) is 38.0. The normalized spacial score (nSPS) is 14.7. The van der Waals surface area contributed by atoms with Gasteiger partial charge in [0.2, 0.25) is 0 Å². The van der Waals surface area contributed by atoms with Gasteiger partial charge in [-0.3, -0.25) is 14.5 Å². The Bertz CT molecular complexity index is 801. The number of ether oxygens (including phenoxy) is 1. The van der Waals surface area contributed by atoms with Gasteiger partial charge in [-0.15, -0.1) is 0 Å². The predicted molar refractivity (Wildman–Crippen MR) is 103 cm³/mol. The predicted octanol–water partition coefficient (Wildman–Crippen LogP) is 2.04. The summed E-state index contributed by atoms with van der Waals surface area (Å²) in [6.07, 6.45) is 1.15. The zero-order valence-electron chi connectivity index (χ0n) is 14.9. The Labute approximate surface area is 161 Å². The fourth-order valence-electron chi connectivity index (χ4n) is 2.84. The van der Waals surface area contributed by atoms with Crippen molar-refractivity contribution in [2.75, 3.05) is 32.1 Å². The Morgan fingerprint density at radius 2 is 1.89 bits per heavy atom. The van der Waals surface area contributed by atoms with E-state index in [-0.39, 0.29) is 6.04 Å². The number of methoxy groups -OCH3 is 1. The topological polar surface area (TPSA) is 87.7 Å². The number of likely N-dealkylation sites (tertiary alicyclic amines) is 1. The monoisotopic (exact) mass is 387 g/mol. The summed E-state index contributed by atoms with van der Waals surface area (Å²) in [5.41, 5.74) is 1.95. The number of carbonyl (C=O) groups is 3. The molecule has 0 spiro atoms. The van der Waals surface area contributed by atoms with Gasteiger partial charge in [0.25, 0.3) is 0 Å². The zero-order chi connectivity index (χ0) is 19.2. The first-order valence-corrected chi connectivity index (χ1v) is 9.56. The number of hydrogen-bond donors (Lipinski definition) is 2. The molecule has 1 aromatic heterocycles. The van der Waals surface area contributed by atoms with Gasteiger partial charge in [-0.1, -0.05) is 0 Å². The number of benzene rings is 1. The zero-order valence-corrected chi connectivity index (χ0v) is 15.8. The molecule has 0 radical (unpaired) electrons. The summed E-state index contributed by atoms with van der Waals surface area (Å²) >= 11 is 1.62. The van der Waals surface area contributed by atoms with Crippen LogP contribution in [0.25, 0.3) is 0 Å². The highest BCUT2D eigenvalue weighted by molar-refractivity contribution is 7.08. The first kappa shape index (κ1) is 19.1. The maximum absolute atomic E-state index is 12.2. The second-order valence-corrected chi connectivity index (χ2v) is 6.98. The molecule has 7 nitrogen and oxygen atoms in total. The van der Waals surface area contributed by atoms with Crippen molar-refractivity contribution in [3.05, 3.63) is 52.2 Å². The van der Waals surface area contributed by atoms with Crippen molar-refractivity contribution in [3.63, 3.8) is 0 Å². The first-order valence-electron chi connectivity index (χ1n) is 8.62.